The molecule has 1 atom stereocenters. The molecule has 0 aromatic carbocycles. The van der Waals surface area contributed by atoms with Crippen LogP contribution in [0.2, 0.25) is 0 Å². The van der Waals surface area contributed by atoms with Crippen LogP contribution < -0.4 is 10.6 Å². The van der Waals surface area contributed by atoms with Crippen molar-refractivity contribution in [1.29, 1.82) is 0 Å². The number of carbonyl (C=O) groups is 2. The standard InChI is InChI=1S/C17H26N2O2/c1-5-7-9-11-16(20)18-13-15(14(3)4)19-17(21)12-10-8-6-2/h5-12,14-15H,13H2,1-4H3,(H,18,20)(H,19,21)/b7-5+,8-6+,11-9+,12-10+/t15-/m1/s1. The summed E-state index contributed by atoms with van der Waals surface area (Å²) in [6.07, 6.45) is 13.6. The van der Waals surface area contributed by atoms with E-state index in [9.17, 15) is 9.59 Å². The third kappa shape index (κ3) is 10.4. The Morgan fingerprint density at radius 3 is 1.90 bits per heavy atom. The van der Waals surface area contributed by atoms with Crippen molar-refractivity contribution in [2.45, 2.75) is 33.7 Å². The number of amides is 2. The zero-order valence-electron chi connectivity index (χ0n) is 13.3. The van der Waals surface area contributed by atoms with E-state index in [4.69, 9.17) is 0 Å². The van der Waals surface area contributed by atoms with E-state index < -0.39 is 0 Å². The molecule has 4 nitrogen and oxygen atoms in total. The lowest BCUT2D eigenvalue weighted by Gasteiger charge is -2.21. The highest BCUT2D eigenvalue weighted by Gasteiger charge is 2.15. The van der Waals surface area contributed by atoms with Crippen LogP contribution >= 0.6 is 0 Å². The predicted octanol–water partition coefficient (Wildman–Crippen LogP) is 2.51. The van der Waals surface area contributed by atoms with Crippen LogP contribution in [0.25, 0.3) is 0 Å². The Morgan fingerprint density at radius 2 is 1.43 bits per heavy atom. The second-order valence-corrected chi connectivity index (χ2v) is 4.87. The van der Waals surface area contributed by atoms with E-state index in [2.05, 4.69) is 10.6 Å². The summed E-state index contributed by atoms with van der Waals surface area (Å²) in [4.78, 5) is 23.3. The van der Waals surface area contributed by atoms with E-state index in [0.29, 0.717) is 6.54 Å². The Morgan fingerprint density at radius 1 is 0.905 bits per heavy atom. The Kier molecular flexibility index (Phi) is 10.5. The molecule has 0 aliphatic carbocycles. The van der Waals surface area contributed by atoms with Gasteiger partial charge in [-0.05, 0) is 19.8 Å². The summed E-state index contributed by atoms with van der Waals surface area (Å²) >= 11 is 0. The fourth-order valence-corrected chi connectivity index (χ4v) is 1.46. The second-order valence-electron chi connectivity index (χ2n) is 4.87. The molecule has 0 aromatic heterocycles. The van der Waals surface area contributed by atoms with Gasteiger partial charge < -0.3 is 10.6 Å². The molecule has 0 heterocycles. The second kappa shape index (κ2) is 11.7. The van der Waals surface area contributed by atoms with Gasteiger partial charge in [0.15, 0.2) is 0 Å². The Labute approximate surface area is 127 Å². The van der Waals surface area contributed by atoms with Gasteiger partial charge in [0.25, 0.3) is 0 Å². The lowest BCUT2D eigenvalue weighted by atomic mass is 10.0. The number of hydrogen-bond donors (Lipinski definition) is 2. The van der Waals surface area contributed by atoms with E-state index in [1.165, 1.54) is 12.2 Å². The van der Waals surface area contributed by atoms with Gasteiger partial charge in [0.2, 0.25) is 11.8 Å². The molecule has 0 bridgehead atoms. The molecular formula is C17H26N2O2. The van der Waals surface area contributed by atoms with E-state index >= 15 is 0 Å². The van der Waals surface area contributed by atoms with Crippen molar-refractivity contribution in [3.8, 4) is 0 Å². The van der Waals surface area contributed by atoms with Gasteiger partial charge >= 0.3 is 0 Å². The maximum atomic E-state index is 11.7. The Balaban J connectivity index is 4.37. The highest BCUT2D eigenvalue weighted by atomic mass is 16.2. The number of hydrogen-bond acceptors (Lipinski definition) is 2. The van der Waals surface area contributed by atoms with Gasteiger partial charge in [0.1, 0.15) is 0 Å². The fourth-order valence-electron chi connectivity index (χ4n) is 1.46. The van der Waals surface area contributed by atoms with E-state index in [-0.39, 0.29) is 23.8 Å². The first-order valence-electron chi connectivity index (χ1n) is 7.18. The van der Waals surface area contributed by atoms with Crippen molar-refractivity contribution in [1.82, 2.24) is 10.6 Å². The summed E-state index contributed by atoms with van der Waals surface area (Å²) in [5.74, 6) is -0.105. The summed E-state index contributed by atoms with van der Waals surface area (Å²) < 4.78 is 0. The predicted molar refractivity (Wildman–Crippen MR) is 87.7 cm³/mol. The van der Waals surface area contributed by atoms with Crippen molar-refractivity contribution in [3.63, 3.8) is 0 Å². The molecule has 2 amide bonds. The Bertz CT molecular complexity index is 432. The maximum Gasteiger partial charge on any atom is 0.244 e. The maximum absolute atomic E-state index is 11.7. The molecule has 116 valence electrons. The van der Waals surface area contributed by atoms with E-state index in [0.717, 1.165) is 0 Å². The van der Waals surface area contributed by atoms with Gasteiger partial charge in [-0.25, -0.2) is 0 Å². The molecule has 0 spiro atoms. The van der Waals surface area contributed by atoms with Crippen LogP contribution in [-0.4, -0.2) is 24.4 Å². The smallest absolute Gasteiger partial charge is 0.244 e. The molecule has 0 fully saturated rings. The first-order chi connectivity index (χ1) is 10.0. The van der Waals surface area contributed by atoms with Crippen LogP contribution in [0.15, 0.2) is 48.6 Å². The first-order valence-corrected chi connectivity index (χ1v) is 7.18. The van der Waals surface area contributed by atoms with Crippen LogP contribution in [0.5, 0.6) is 0 Å². The fraction of sp³-hybridized carbons (Fsp3) is 0.412. The summed E-state index contributed by atoms with van der Waals surface area (Å²) in [5.41, 5.74) is 0. The van der Waals surface area contributed by atoms with E-state index in [1.54, 1.807) is 24.3 Å². The molecule has 0 aliphatic heterocycles. The van der Waals surface area contributed by atoms with Crippen LogP contribution in [-0.2, 0) is 9.59 Å². The van der Waals surface area contributed by atoms with Gasteiger partial charge in [-0.2, -0.15) is 0 Å². The minimum atomic E-state index is -0.169. The molecule has 0 rings (SSSR count). The topological polar surface area (TPSA) is 58.2 Å². The van der Waals surface area contributed by atoms with E-state index in [1.807, 2.05) is 39.8 Å². The zero-order valence-corrected chi connectivity index (χ0v) is 13.3. The highest BCUT2D eigenvalue weighted by molar-refractivity contribution is 5.89. The largest absolute Gasteiger partial charge is 0.350 e. The number of rotatable bonds is 8. The van der Waals surface area contributed by atoms with Crippen molar-refractivity contribution in [2.24, 2.45) is 5.92 Å². The lowest BCUT2D eigenvalue weighted by Crippen LogP contribution is -2.45. The molecule has 21 heavy (non-hydrogen) atoms. The number of nitrogens with one attached hydrogen (secondary N) is 2. The zero-order chi connectivity index (χ0) is 16.1. The molecule has 0 unspecified atom stereocenters. The minimum absolute atomic E-state index is 0.105. The molecule has 0 saturated carbocycles. The Hall–Kier alpha value is -2.10. The summed E-state index contributed by atoms with van der Waals surface area (Å²) in [6.45, 7) is 8.18. The first kappa shape index (κ1) is 18.9. The van der Waals surface area contributed by atoms with Crippen molar-refractivity contribution < 1.29 is 9.59 Å². The highest BCUT2D eigenvalue weighted by Crippen LogP contribution is 2.00. The van der Waals surface area contributed by atoms with Crippen LogP contribution in [0.4, 0.5) is 0 Å². The van der Waals surface area contributed by atoms with Crippen molar-refractivity contribution >= 4 is 11.8 Å². The molecule has 0 radical (unpaired) electrons. The molecule has 0 aliphatic rings. The molecule has 2 N–H and O–H groups in total. The molecule has 4 heteroatoms. The SMILES string of the molecule is C/C=C/C=C/C(=O)NC[C@@H](NC(=O)/C=C/C=C/C)C(C)C. The third-order valence-electron chi connectivity index (χ3n) is 2.73. The average Bonchev–Trinajstić information content (AvgIpc) is 2.43. The average molecular weight is 290 g/mol. The van der Waals surface area contributed by atoms with Gasteiger partial charge in [0.05, 0.1) is 0 Å². The van der Waals surface area contributed by atoms with Crippen molar-refractivity contribution in [3.05, 3.63) is 48.6 Å². The van der Waals surface area contributed by atoms with Crippen LogP contribution in [0, 0.1) is 5.92 Å². The summed E-state index contributed by atoms with van der Waals surface area (Å²) in [6, 6.07) is -0.105. The van der Waals surface area contributed by atoms with Gasteiger partial charge in [-0.15, -0.1) is 0 Å². The summed E-state index contributed by atoms with van der Waals surface area (Å²) in [7, 11) is 0. The lowest BCUT2D eigenvalue weighted by molar-refractivity contribution is -0.119. The molecule has 0 saturated heterocycles. The van der Waals surface area contributed by atoms with Crippen LogP contribution in [0.1, 0.15) is 27.7 Å². The monoisotopic (exact) mass is 290 g/mol. The summed E-state index contributed by atoms with van der Waals surface area (Å²) in [5, 5.41) is 5.67. The van der Waals surface area contributed by atoms with Crippen LogP contribution in [0.3, 0.4) is 0 Å². The van der Waals surface area contributed by atoms with Crippen molar-refractivity contribution in [2.75, 3.05) is 6.54 Å². The van der Waals surface area contributed by atoms with Gasteiger partial charge in [-0.3, -0.25) is 9.59 Å². The van der Waals surface area contributed by atoms with Gasteiger partial charge in [0, 0.05) is 24.7 Å². The normalized spacial score (nSPS) is 13.8. The number of carbonyl (C=O) groups excluding carboxylic acids is 2. The number of allylic oxidation sites excluding steroid dienone is 6. The van der Waals surface area contributed by atoms with Gasteiger partial charge in [-0.1, -0.05) is 50.3 Å². The molecular weight excluding hydrogens is 264 g/mol. The minimum Gasteiger partial charge on any atom is -0.350 e. The quantitative estimate of drug-likeness (QED) is 0.533. The molecule has 0 aromatic rings. The third-order valence-corrected chi connectivity index (χ3v) is 2.73.